The van der Waals surface area contributed by atoms with Gasteiger partial charge in [0.05, 0.1) is 9.40 Å². The summed E-state index contributed by atoms with van der Waals surface area (Å²) in [5.41, 5.74) is -0.264. The summed E-state index contributed by atoms with van der Waals surface area (Å²) in [4.78, 5) is 21.9. The van der Waals surface area contributed by atoms with Gasteiger partial charge in [-0.3, -0.25) is 14.9 Å². The summed E-state index contributed by atoms with van der Waals surface area (Å²) < 4.78 is 13.5. The predicted molar refractivity (Wildman–Crippen MR) is 70.4 cm³/mol. The summed E-state index contributed by atoms with van der Waals surface area (Å²) in [5, 5.41) is 16.3. The van der Waals surface area contributed by atoms with Gasteiger partial charge in [0.2, 0.25) is 5.91 Å². The summed E-state index contributed by atoms with van der Waals surface area (Å²) in [5.74, 6) is -0.854. The van der Waals surface area contributed by atoms with E-state index in [4.69, 9.17) is 0 Å². The second kappa shape index (κ2) is 5.52. The van der Waals surface area contributed by atoms with Crippen LogP contribution in [0.2, 0.25) is 0 Å². The van der Waals surface area contributed by atoms with Gasteiger partial charge in [-0.25, -0.2) is 4.39 Å². The number of rotatable bonds is 3. The summed E-state index contributed by atoms with van der Waals surface area (Å²) in [6.07, 6.45) is 1.33. The van der Waals surface area contributed by atoms with Gasteiger partial charge in [0.1, 0.15) is 17.5 Å². The Balaban J connectivity index is 2.30. The molecular formula is C11H11BrFN3O3. The van der Waals surface area contributed by atoms with Crippen molar-refractivity contribution in [1.82, 2.24) is 5.32 Å². The first-order valence-electron chi connectivity index (χ1n) is 5.66. The molecule has 0 radical (unpaired) electrons. The van der Waals surface area contributed by atoms with Gasteiger partial charge in [0.25, 0.3) is 5.69 Å². The van der Waals surface area contributed by atoms with E-state index in [1.165, 1.54) is 0 Å². The third kappa shape index (κ3) is 3.01. The summed E-state index contributed by atoms with van der Waals surface area (Å²) in [6.45, 7) is 0.591. The highest BCUT2D eigenvalue weighted by Gasteiger charge is 2.25. The smallest absolute Gasteiger partial charge is 0.293 e. The van der Waals surface area contributed by atoms with Crippen molar-refractivity contribution >= 4 is 33.2 Å². The molecule has 2 rings (SSSR count). The van der Waals surface area contributed by atoms with Gasteiger partial charge in [-0.2, -0.15) is 0 Å². The third-order valence-electron chi connectivity index (χ3n) is 2.85. The van der Waals surface area contributed by atoms with E-state index in [1.54, 1.807) is 0 Å². The molecule has 19 heavy (non-hydrogen) atoms. The lowest BCUT2D eigenvalue weighted by Gasteiger charge is -2.23. The number of nitro benzene ring substituents is 1. The van der Waals surface area contributed by atoms with Gasteiger partial charge in [0.15, 0.2) is 0 Å². The highest BCUT2D eigenvalue weighted by atomic mass is 79.9. The highest BCUT2D eigenvalue weighted by Crippen LogP contribution is 2.31. The molecule has 1 amide bonds. The van der Waals surface area contributed by atoms with Crippen LogP contribution in [0.15, 0.2) is 16.6 Å². The number of nitrogens with zero attached hydrogens (tertiary/aromatic N) is 1. The van der Waals surface area contributed by atoms with Gasteiger partial charge in [-0.1, -0.05) is 0 Å². The Morgan fingerprint density at radius 1 is 1.53 bits per heavy atom. The summed E-state index contributed by atoms with van der Waals surface area (Å²) in [7, 11) is 0. The molecule has 0 spiro atoms. The average Bonchev–Trinajstić information content (AvgIpc) is 2.36. The van der Waals surface area contributed by atoms with E-state index < -0.39 is 16.8 Å². The van der Waals surface area contributed by atoms with E-state index in [2.05, 4.69) is 26.6 Å². The molecule has 0 saturated carbocycles. The number of hydrogen-bond acceptors (Lipinski definition) is 4. The number of benzene rings is 1. The van der Waals surface area contributed by atoms with Crippen molar-refractivity contribution in [2.24, 2.45) is 0 Å². The van der Waals surface area contributed by atoms with Crippen LogP contribution in [0.25, 0.3) is 0 Å². The van der Waals surface area contributed by atoms with Crippen LogP contribution in [0.5, 0.6) is 0 Å². The first kappa shape index (κ1) is 13.7. The quantitative estimate of drug-likeness (QED) is 0.656. The molecule has 2 N–H and O–H groups in total. The van der Waals surface area contributed by atoms with Crippen molar-refractivity contribution in [3.63, 3.8) is 0 Å². The van der Waals surface area contributed by atoms with Crippen molar-refractivity contribution in [3.8, 4) is 0 Å². The Morgan fingerprint density at radius 3 is 2.89 bits per heavy atom. The predicted octanol–water partition coefficient (Wildman–Crippen LogP) is 2.19. The number of carbonyl (C=O) groups excluding carboxylic acids is 1. The maximum Gasteiger partial charge on any atom is 0.293 e. The van der Waals surface area contributed by atoms with Gasteiger partial charge >= 0.3 is 0 Å². The van der Waals surface area contributed by atoms with Crippen LogP contribution in [-0.2, 0) is 4.79 Å². The fourth-order valence-corrected chi connectivity index (χ4v) is 2.23. The number of carbonyl (C=O) groups is 1. The van der Waals surface area contributed by atoms with E-state index in [0.717, 1.165) is 18.6 Å². The second-order valence-corrected chi connectivity index (χ2v) is 5.03. The van der Waals surface area contributed by atoms with Gasteiger partial charge in [0, 0.05) is 18.7 Å². The molecule has 1 aliphatic rings. The molecule has 1 saturated heterocycles. The van der Waals surface area contributed by atoms with Crippen molar-refractivity contribution in [1.29, 1.82) is 0 Å². The number of piperidine rings is 1. The van der Waals surface area contributed by atoms with Crippen LogP contribution in [0.1, 0.15) is 12.8 Å². The van der Waals surface area contributed by atoms with Crippen molar-refractivity contribution < 1.29 is 14.1 Å². The molecule has 102 valence electrons. The first-order valence-corrected chi connectivity index (χ1v) is 6.46. The lowest BCUT2D eigenvalue weighted by atomic mass is 10.1. The zero-order valence-corrected chi connectivity index (χ0v) is 11.4. The van der Waals surface area contributed by atoms with Gasteiger partial charge in [-0.05, 0) is 28.8 Å². The Labute approximate surface area is 116 Å². The molecule has 6 nitrogen and oxygen atoms in total. The minimum absolute atomic E-state index is 0.00718. The van der Waals surface area contributed by atoms with Gasteiger partial charge < -0.3 is 10.6 Å². The fraction of sp³-hybridized carbons (Fsp3) is 0.364. The van der Waals surface area contributed by atoms with Crippen LogP contribution in [0.3, 0.4) is 0 Å². The minimum atomic E-state index is -0.621. The Kier molecular flexibility index (Phi) is 3.98. The summed E-state index contributed by atoms with van der Waals surface area (Å²) in [6, 6.07) is 1.52. The van der Waals surface area contributed by atoms with Crippen LogP contribution in [0, 0.1) is 15.9 Å². The molecule has 1 aliphatic heterocycles. The van der Waals surface area contributed by atoms with Crippen molar-refractivity contribution in [3.05, 3.63) is 32.5 Å². The normalized spacial score (nSPS) is 18.8. The van der Waals surface area contributed by atoms with E-state index in [0.29, 0.717) is 13.0 Å². The standard InChI is InChI=1S/C11H11BrFN3O3/c12-6-4-10(16(18)19)9(5-7(6)13)15-8-2-1-3-14-11(8)17/h4-5,8,15H,1-3H2,(H,14,17). The maximum atomic E-state index is 13.5. The molecule has 1 fully saturated rings. The number of hydrogen-bond donors (Lipinski definition) is 2. The molecule has 0 aliphatic carbocycles. The third-order valence-corrected chi connectivity index (χ3v) is 3.46. The van der Waals surface area contributed by atoms with Crippen LogP contribution >= 0.6 is 15.9 Å². The van der Waals surface area contributed by atoms with E-state index in [-0.39, 0.29) is 21.8 Å². The fourth-order valence-electron chi connectivity index (χ4n) is 1.90. The van der Waals surface area contributed by atoms with Crippen LogP contribution in [-0.4, -0.2) is 23.4 Å². The monoisotopic (exact) mass is 331 g/mol. The van der Waals surface area contributed by atoms with Crippen LogP contribution < -0.4 is 10.6 Å². The molecule has 8 heteroatoms. The molecular weight excluding hydrogens is 321 g/mol. The van der Waals surface area contributed by atoms with Gasteiger partial charge in [-0.15, -0.1) is 0 Å². The maximum absolute atomic E-state index is 13.5. The minimum Gasteiger partial charge on any atom is -0.368 e. The number of nitrogens with one attached hydrogen (secondary N) is 2. The topological polar surface area (TPSA) is 84.3 Å². The lowest BCUT2D eigenvalue weighted by Crippen LogP contribution is -2.44. The van der Waals surface area contributed by atoms with E-state index in [9.17, 15) is 19.3 Å². The molecule has 1 unspecified atom stereocenters. The molecule has 1 heterocycles. The molecule has 0 bridgehead atoms. The van der Waals surface area contributed by atoms with E-state index >= 15 is 0 Å². The number of halogens is 2. The zero-order chi connectivity index (χ0) is 14.0. The first-order chi connectivity index (χ1) is 8.99. The SMILES string of the molecule is O=C1NCCCC1Nc1cc(F)c(Br)cc1[N+](=O)[O-]. The molecule has 1 atom stereocenters. The molecule has 1 aromatic carbocycles. The van der Waals surface area contributed by atoms with E-state index in [1.807, 2.05) is 0 Å². The van der Waals surface area contributed by atoms with Crippen molar-refractivity contribution in [2.75, 3.05) is 11.9 Å². The average molecular weight is 332 g/mol. The Bertz CT molecular complexity index is 538. The Hall–Kier alpha value is -1.70. The number of amides is 1. The largest absolute Gasteiger partial charge is 0.368 e. The number of anilines is 1. The lowest BCUT2D eigenvalue weighted by molar-refractivity contribution is -0.384. The highest BCUT2D eigenvalue weighted by molar-refractivity contribution is 9.10. The number of nitro groups is 1. The van der Waals surface area contributed by atoms with Crippen LogP contribution in [0.4, 0.5) is 15.8 Å². The summed E-state index contributed by atoms with van der Waals surface area (Å²) >= 11 is 2.90. The zero-order valence-electron chi connectivity index (χ0n) is 9.78. The molecule has 1 aromatic rings. The molecule has 0 aromatic heterocycles. The second-order valence-electron chi connectivity index (χ2n) is 4.17. The van der Waals surface area contributed by atoms with Crippen molar-refractivity contribution in [2.45, 2.75) is 18.9 Å². The Morgan fingerprint density at radius 2 is 2.26 bits per heavy atom.